The van der Waals surface area contributed by atoms with Crippen LogP contribution in [0.1, 0.15) is 26.2 Å². The maximum absolute atomic E-state index is 10.8. The molecule has 0 aromatic rings. The Bertz CT molecular complexity index is 295. The van der Waals surface area contributed by atoms with Crippen LogP contribution in [-0.2, 0) is 15.3 Å². The second-order valence-corrected chi connectivity index (χ2v) is 2.94. The van der Waals surface area contributed by atoms with Crippen LogP contribution in [0.3, 0.4) is 0 Å². The molecule has 0 spiro atoms. The van der Waals surface area contributed by atoms with E-state index in [0.717, 1.165) is 12.8 Å². The molecule has 0 rings (SSSR count). The van der Waals surface area contributed by atoms with Crippen LogP contribution in [0.5, 0.6) is 0 Å². The number of carbonyl (C=O) groups is 1. The first-order valence-electron chi connectivity index (χ1n) is 3.61. The summed E-state index contributed by atoms with van der Waals surface area (Å²) in [4.78, 5) is 10.8. The molecule has 0 unspecified atom stereocenters. The van der Waals surface area contributed by atoms with Gasteiger partial charge in [0.15, 0.2) is 0 Å². The molecule has 0 aromatic heterocycles. The lowest BCUT2D eigenvalue weighted by Gasteiger charge is -1.95. The highest BCUT2D eigenvalue weighted by Gasteiger charge is 2.04. The second kappa shape index (κ2) is 5.65. The summed E-state index contributed by atoms with van der Waals surface area (Å²) in [5.41, 5.74) is 0.251. The molecule has 4 nitrogen and oxygen atoms in total. The van der Waals surface area contributed by atoms with Crippen molar-refractivity contribution in [1.29, 1.82) is 0 Å². The van der Waals surface area contributed by atoms with Gasteiger partial charge < -0.3 is 0 Å². The maximum atomic E-state index is 10.8. The normalized spacial score (nSPS) is 9.08. The molecule has 0 radical (unpaired) electrons. The average Bonchev–Trinajstić information content (AvgIpc) is 1.98. The molecule has 0 saturated heterocycles. The SMILES string of the molecule is C=C(CCCC)C(=O)N=S(=O)=O. The van der Waals surface area contributed by atoms with Gasteiger partial charge in [-0.25, -0.2) is 0 Å². The highest BCUT2D eigenvalue weighted by Crippen LogP contribution is 2.05. The maximum Gasteiger partial charge on any atom is 0.319 e. The molecule has 68 valence electrons. The first-order valence-corrected chi connectivity index (χ1v) is 4.64. The standard InChI is InChI=1S/C7H11NO3S/c1-3-4-5-6(2)7(9)8-12(10)11/h2-5H2,1H3. The summed E-state index contributed by atoms with van der Waals surface area (Å²) in [5, 5.41) is 0. The van der Waals surface area contributed by atoms with Crippen molar-refractivity contribution in [3.8, 4) is 0 Å². The van der Waals surface area contributed by atoms with E-state index in [4.69, 9.17) is 0 Å². The van der Waals surface area contributed by atoms with Gasteiger partial charge in [0.1, 0.15) is 0 Å². The van der Waals surface area contributed by atoms with E-state index >= 15 is 0 Å². The smallest absolute Gasteiger partial charge is 0.266 e. The highest BCUT2D eigenvalue weighted by atomic mass is 32.2. The number of carbonyl (C=O) groups excluding carboxylic acids is 1. The molecule has 5 heteroatoms. The number of unbranched alkanes of at least 4 members (excludes halogenated alkanes) is 1. The predicted octanol–water partition coefficient (Wildman–Crippen LogP) is 1.32. The Morgan fingerprint density at radius 3 is 2.50 bits per heavy atom. The zero-order chi connectivity index (χ0) is 9.56. The van der Waals surface area contributed by atoms with Crippen LogP contribution in [0, 0.1) is 0 Å². The number of rotatable bonds is 4. The minimum absolute atomic E-state index is 0.251. The van der Waals surface area contributed by atoms with Gasteiger partial charge in [0.05, 0.1) is 0 Å². The number of hydrogen-bond donors (Lipinski definition) is 0. The first kappa shape index (κ1) is 11.0. The summed E-state index contributed by atoms with van der Waals surface area (Å²) < 4.78 is 22.7. The van der Waals surface area contributed by atoms with Crippen LogP contribution in [0.4, 0.5) is 0 Å². The Hall–Kier alpha value is -0.970. The lowest BCUT2D eigenvalue weighted by Crippen LogP contribution is -1.96. The summed E-state index contributed by atoms with van der Waals surface area (Å²) in [6.45, 7) is 5.40. The van der Waals surface area contributed by atoms with Gasteiger partial charge in [-0.3, -0.25) is 4.79 Å². The van der Waals surface area contributed by atoms with Crippen LogP contribution in [0.2, 0.25) is 0 Å². The highest BCUT2D eigenvalue weighted by molar-refractivity contribution is 7.62. The van der Waals surface area contributed by atoms with Crippen molar-refractivity contribution < 1.29 is 13.2 Å². The molecule has 0 aliphatic carbocycles. The minimum Gasteiger partial charge on any atom is -0.266 e. The van der Waals surface area contributed by atoms with Crippen LogP contribution >= 0.6 is 0 Å². The third kappa shape index (κ3) is 4.79. The van der Waals surface area contributed by atoms with E-state index in [2.05, 4.69) is 10.9 Å². The molecule has 0 heterocycles. The van der Waals surface area contributed by atoms with Gasteiger partial charge >= 0.3 is 10.5 Å². The Balaban J connectivity index is 4.13. The molecule has 0 aliphatic heterocycles. The van der Waals surface area contributed by atoms with Gasteiger partial charge in [-0.2, -0.15) is 8.42 Å². The molecule has 0 aromatic carbocycles. The van der Waals surface area contributed by atoms with E-state index in [1.165, 1.54) is 0 Å². The van der Waals surface area contributed by atoms with Crippen LogP contribution < -0.4 is 0 Å². The summed E-state index contributed by atoms with van der Waals surface area (Å²) in [6.07, 6.45) is 2.27. The zero-order valence-electron chi connectivity index (χ0n) is 6.91. The lowest BCUT2D eigenvalue weighted by molar-refractivity contribution is -0.114. The lowest BCUT2D eigenvalue weighted by atomic mass is 10.1. The van der Waals surface area contributed by atoms with Crippen molar-refractivity contribution in [3.63, 3.8) is 0 Å². The van der Waals surface area contributed by atoms with Crippen molar-refractivity contribution >= 4 is 16.4 Å². The fourth-order valence-corrected chi connectivity index (χ4v) is 0.894. The molecular weight excluding hydrogens is 178 g/mol. The zero-order valence-corrected chi connectivity index (χ0v) is 7.73. The monoisotopic (exact) mass is 189 g/mol. The fraction of sp³-hybridized carbons (Fsp3) is 0.571. The summed E-state index contributed by atoms with van der Waals surface area (Å²) in [6, 6.07) is 0. The van der Waals surface area contributed by atoms with Crippen molar-refractivity contribution in [2.75, 3.05) is 0 Å². The quantitative estimate of drug-likeness (QED) is 0.626. The Labute approximate surface area is 73.0 Å². The molecule has 0 aliphatic rings. The number of hydrogen-bond acceptors (Lipinski definition) is 3. The van der Waals surface area contributed by atoms with Gasteiger partial charge in [-0.1, -0.05) is 24.3 Å². The molecule has 0 N–H and O–H groups in total. The van der Waals surface area contributed by atoms with Crippen molar-refractivity contribution in [2.45, 2.75) is 26.2 Å². The van der Waals surface area contributed by atoms with Crippen molar-refractivity contribution in [3.05, 3.63) is 12.2 Å². The van der Waals surface area contributed by atoms with E-state index < -0.39 is 16.4 Å². The largest absolute Gasteiger partial charge is 0.319 e. The van der Waals surface area contributed by atoms with Gasteiger partial charge in [-0.05, 0) is 12.8 Å². The predicted molar refractivity (Wildman–Crippen MR) is 45.0 cm³/mol. The Morgan fingerprint density at radius 2 is 2.08 bits per heavy atom. The van der Waals surface area contributed by atoms with E-state index in [-0.39, 0.29) is 5.57 Å². The van der Waals surface area contributed by atoms with E-state index in [9.17, 15) is 13.2 Å². The third-order valence-electron chi connectivity index (χ3n) is 1.29. The average molecular weight is 189 g/mol. The van der Waals surface area contributed by atoms with E-state index in [0.29, 0.717) is 6.42 Å². The number of nitrogens with zero attached hydrogens (tertiary/aromatic N) is 1. The Morgan fingerprint density at radius 1 is 1.50 bits per heavy atom. The van der Waals surface area contributed by atoms with Gasteiger partial charge in [0.2, 0.25) is 0 Å². The molecule has 0 fully saturated rings. The Kier molecular flexibility index (Phi) is 5.19. The fourth-order valence-electron chi connectivity index (χ4n) is 0.629. The number of amides is 1. The molecule has 1 amide bonds. The van der Waals surface area contributed by atoms with Crippen LogP contribution in [0.15, 0.2) is 16.5 Å². The van der Waals surface area contributed by atoms with Crippen LogP contribution in [0.25, 0.3) is 0 Å². The summed E-state index contributed by atoms with van der Waals surface area (Å²) in [7, 11) is -2.66. The molecule has 0 atom stereocenters. The molecule has 0 bridgehead atoms. The van der Waals surface area contributed by atoms with Crippen molar-refractivity contribution in [1.82, 2.24) is 0 Å². The van der Waals surface area contributed by atoms with Gasteiger partial charge in [0, 0.05) is 5.57 Å². The third-order valence-corrected chi connectivity index (χ3v) is 1.61. The van der Waals surface area contributed by atoms with E-state index in [1.807, 2.05) is 6.92 Å². The van der Waals surface area contributed by atoms with Gasteiger partial charge in [0.25, 0.3) is 5.91 Å². The van der Waals surface area contributed by atoms with Crippen molar-refractivity contribution in [2.24, 2.45) is 4.36 Å². The summed E-state index contributed by atoms with van der Waals surface area (Å²) in [5.74, 6) is -0.739. The van der Waals surface area contributed by atoms with Crippen LogP contribution in [-0.4, -0.2) is 14.3 Å². The van der Waals surface area contributed by atoms with Gasteiger partial charge in [-0.15, -0.1) is 0 Å². The second-order valence-electron chi connectivity index (χ2n) is 2.32. The van der Waals surface area contributed by atoms with E-state index in [1.54, 1.807) is 0 Å². The molecule has 0 saturated carbocycles. The molecular formula is C7H11NO3S. The molecule has 12 heavy (non-hydrogen) atoms. The topological polar surface area (TPSA) is 63.6 Å². The summed E-state index contributed by atoms with van der Waals surface area (Å²) >= 11 is 0. The minimum atomic E-state index is -2.66. The first-order chi connectivity index (χ1) is 5.57.